The van der Waals surface area contributed by atoms with Gasteiger partial charge >= 0.3 is 0 Å². The van der Waals surface area contributed by atoms with Crippen molar-refractivity contribution in [3.8, 4) is 0 Å². The number of amides is 2. The lowest BCUT2D eigenvalue weighted by Crippen LogP contribution is -2.48. The molecule has 0 aliphatic carbocycles. The molecule has 31 heavy (non-hydrogen) atoms. The highest BCUT2D eigenvalue weighted by molar-refractivity contribution is 5.97. The van der Waals surface area contributed by atoms with Crippen LogP contribution in [0.25, 0.3) is 0 Å². The van der Waals surface area contributed by atoms with Crippen molar-refractivity contribution in [3.63, 3.8) is 0 Å². The van der Waals surface area contributed by atoms with Gasteiger partial charge in [0.2, 0.25) is 0 Å². The second-order valence-electron chi connectivity index (χ2n) is 7.50. The smallest absolute Gasteiger partial charge is 0.253 e. The Morgan fingerprint density at radius 1 is 0.806 bits per heavy atom. The molecule has 1 N–H and O–H groups in total. The van der Waals surface area contributed by atoms with Gasteiger partial charge in [-0.25, -0.2) is 4.39 Å². The van der Waals surface area contributed by atoms with Crippen LogP contribution in [0.2, 0.25) is 0 Å². The van der Waals surface area contributed by atoms with Gasteiger partial charge in [0.15, 0.2) is 0 Å². The van der Waals surface area contributed by atoms with E-state index in [-0.39, 0.29) is 24.2 Å². The minimum absolute atomic E-state index is 0.0283. The van der Waals surface area contributed by atoms with Crippen molar-refractivity contribution < 1.29 is 14.0 Å². The Balaban J connectivity index is 1.31. The highest BCUT2D eigenvalue weighted by atomic mass is 19.1. The molecular formula is C25H24FN3O2. The van der Waals surface area contributed by atoms with Gasteiger partial charge in [0.05, 0.1) is 0 Å². The van der Waals surface area contributed by atoms with Gasteiger partial charge in [-0.15, -0.1) is 0 Å². The lowest BCUT2D eigenvalue weighted by Gasteiger charge is -2.36. The molecule has 1 aliphatic heterocycles. The van der Waals surface area contributed by atoms with E-state index in [9.17, 15) is 14.0 Å². The maximum Gasteiger partial charge on any atom is 0.253 e. The average molecular weight is 417 g/mol. The number of carbonyl (C=O) groups is 2. The number of carbonyl (C=O) groups excluding carboxylic acids is 2. The predicted octanol–water partition coefficient (Wildman–Crippen LogP) is 3.72. The van der Waals surface area contributed by atoms with Crippen LogP contribution in [0.3, 0.4) is 0 Å². The van der Waals surface area contributed by atoms with Crippen LogP contribution in [-0.4, -0.2) is 42.9 Å². The van der Waals surface area contributed by atoms with Crippen molar-refractivity contribution >= 4 is 17.5 Å². The summed E-state index contributed by atoms with van der Waals surface area (Å²) in [5, 5.41) is 2.77. The lowest BCUT2D eigenvalue weighted by molar-refractivity contribution is 0.0746. The van der Waals surface area contributed by atoms with E-state index in [1.54, 1.807) is 36.4 Å². The largest absolute Gasteiger partial charge is 0.368 e. The Kier molecular flexibility index (Phi) is 6.26. The molecule has 0 bridgehead atoms. The van der Waals surface area contributed by atoms with Crippen LogP contribution in [0, 0.1) is 5.82 Å². The molecule has 0 radical (unpaired) electrons. The number of halogens is 1. The van der Waals surface area contributed by atoms with E-state index in [4.69, 9.17) is 0 Å². The molecule has 2 amide bonds. The molecule has 6 heteroatoms. The van der Waals surface area contributed by atoms with Crippen molar-refractivity contribution in [2.75, 3.05) is 31.1 Å². The fraction of sp³-hybridized carbons (Fsp3) is 0.200. The van der Waals surface area contributed by atoms with E-state index in [1.807, 2.05) is 23.1 Å². The van der Waals surface area contributed by atoms with Gasteiger partial charge in [0.25, 0.3) is 11.8 Å². The van der Waals surface area contributed by atoms with Crippen LogP contribution >= 0.6 is 0 Å². The molecule has 1 fully saturated rings. The first-order valence-corrected chi connectivity index (χ1v) is 10.3. The number of rotatable bonds is 5. The summed E-state index contributed by atoms with van der Waals surface area (Å²) in [5.41, 5.74) is 2.88. The minimum Gasteiger partial charge on any atom is -0.368 e. The number of hydrogen-bond acceptors (Lipinski definition) is 3. The third-order valence-corrected chi connectivity index (χ3v) is 5.42. The molecule has 0 unspecified atom stereocenters. The standard InChI is InChI=1S/C25H24FN3O2/c26-22-6-4-5-19(17-22)18-27-24(30)20-9-11-21(12-10-20)25(31)29-15-13-28(14-16-29)23-7-2-1-3-8-23/h1-12,17H,13-16,18H2,(H,27,30). The summed E-state index contributed by atoms with van der Waals surface area (Å²) < 4.78 is 13.2. The van der Waals surface area contributed by atoms with Gasteiger partial charge in [-0.2, -0.15) is 0 Å². The predicted molar refractivity (Wildman–Crippen MR) is 119 cm³/mol. The number of benzene rings is 3. The Morgan fingerprint density at radius 3 is 2.16 bits per heavy atom. The van der Waals surface area contributed by atoms with Crippen molar-refractivity contribution in [1.82, 2.24) is 10.2 Å². The summed E-state index contributed by atoms with van der Waals surface area (Å²) in [6.45, 7) is 3.13. The van der Waals surface area contributed by atoms with Crippen molar-refractivity contribution in [2.24, 2.45) is 0 Å². The molecule has 1 aliphatic rings. The molecule has 0 atom stereocenters. The Morgan fingerprint density at radius 2 is 1.48 bits per heavy atom. The zero-order chi connectivity index (χ0) is 21.6. The molecule has 0 saturated carbocycles. The number of nitrogens with one attached hydrogen (secondary N) is 1. The van der Waals surface area contributed by atoms with Gasteiger partial charge < -0.3 is 15.1 Å². The third-order valence-electron chi connectivity index (χ3n) is 5.42. The average Bonchev–Trinajstić information content (AvgIpc) is 2.83. The van der Waals surface area contributed by atoms with Gasteiger partial charge in [-0.1, -0.05) is 30.3 Å². The van der Waals surface area contributed by atoms with Gasteiger partial charge in [0.1, 0.15) is 5.82 Å². The van der Waals surface area contributed by atoms with Crippen LogP contribution < -0.4 is 10.2 Å². The van der Waals surface area contributed by atoms with Gasteiger partial charge in [-0.3, -0.25) is 9.59 Å². The number of piperazine rings is 1. The molecule has 5 nitrogen and oxygen atoms in total. The van der Waals surface area contributed by atoms with E-state index >= 15 is 0 Å². The summed E-state index contributed by atoms with van der Waals surface area (Å²) >= 11 is 0. The van der Waals surface area contributed by atoms with Gasteiger partial charge in [0, 0.05) is 49.5 Å². The first-order valence-electron chi connectivity index (χ1n) is 10.3. The van der Waals surface area contributed by atoms with Crippen molar-refractivity contribution in [1.29, 1.82) is 0 Å². The van der Waals surface area contributed by atoms with Crippen molar-refractivity contribution in [2.45, 2.75) is 6.54 Å². The number of nitrogens with zero attached hydrogens (tertiary/aromatic N) is 2. The van der Waals surface area contributed by atoms with Crippen molar-refractivity contribution in [3.05, 3.63) is 101 Å². The maximum absolute atomic E-state index is 13.2. The molecule has 0 aromatic heterocycles. The number of anilines is 1. The fourth-order valence-electron chi connectivity index (χ4n) is 3.68. The molecule has 3 aromatic carbocycles. The quantitative estimate of drug-likeness (QED) is 0.689. The molecule has 3 aromatic rings. The van der Waals surface area contributed by atoms with Crippen LogP contribution in [0.15, 0.2) is 78.9 Å². The Labute approximate surface area is 181 Å². The molecule has 1 saturated heterocycles. The SMILES string of the molecule is O=C(NCc1cccc(F)c1)c1ccc(C(=O)N2CCN(c3ccccc3)CC2)cc1. The third kappa shape index (κ3) is 5.09. The van der Waals surface area contributed by atoms with E-state index in [0.29, 0.717) is 29.8 Å². The maximum atomic E-state index is 13.2. The number of hydrogen-bond donors (Lipinski definition) is 1. The van der Waals surface area contributed by atoms with Crippen LogP contribution in [-0.2, 0) is 6.54 Å². The summed E-state index contributed by atoms with van der Waals surface area (Å²) in [4.78, 5) is 29.3. The van der Waals surface area contributed by atoms with E-state index in [2.05, 4.69) is 22.3 Å². The minimum atomic E-state index is -0.334. The zero-order valence-electron chi connectivity index (χ0n) is 17.1. The molecule has 0 spiro atoms. The number of para-hydroxylation sites is 1. The summed E-state index contributed by atoms with van der Waals surface area (Å²) in [6, 6.07) is 23.0. The molecule has 1 heterocycles. The highest BCUT2D eigenvalue weighted by Gasteiger charge is 2.22. The molecule has 158 valence electrons. The molecular weight excluding hydrogens is 393 g/mol. The second kappa shape index (κ2) is 9.43. The highest BCUT2D eigenvalue weighted by Crippen LogP contribution is 2.17. The first-order chi connectivity index (χ1) is 15.1. The van der Waals surface area contributed by atoms with Crippen LogP contribution in [0.4, 0.5) is 10.1 Å². The van der Waals surface area contributed by atoms with Crippen LogP contribution in [0.5, 0.6) is 0 Å². The Bertz CT molecular complexity index is 1050. The normalized spacial score (nSPS) is 13.7. The Hall–Kier alpha value is -3.67. The molecule has 4 rings (SSSR count). The van der Waals surface area contributed by atoms with Crippen LogP contribution in [0.1, 0.15) is 26.3 Å². The lowest BCUT2D eigenvalue weighted by atomic mass is 10.1. The van der Waals surface area contributed by atoms with E-state index in [1.165, 1.54) is 17.8 Å². The summed E-state index contributed by atoms with van der Waals surface area (Å²) in [6.07, 6.45) is 0. The summed E-state index contributed by atoms with van der Waals surface area (Å²) in [5.74, 6) is -0.626. The van der Waals surface area contributed by atoms with Gasteiger partial charge in [-0.05, 0) is 54.1 Å². The fourth-order valence-corrected chi connectivity index (χ4v) is 3.68. The monoisotopic (exact) mass is 417 g/mol. The first kappa shape index (κ1) is 20.6. The zero-order valence-corrected chi connectivity index (χ0v) is 17.1. The van der Waals surface area contributed by atoms with E-state index < -0.39 is 0 Å². The second-order valence-corrected chi connectivity index (χ2v) is 7.50. The summed E-state index contributed by atoms with van der Waals surface area (Å²) in [7, 11) is 0. The topological polar surface area (TPSA) is 52.7 Å². The van der Waals surface area contributed by atoms with E-state index in [0.717, 1.165) is 13.1 Å².